The molecule has 0 bridgehead atoms. The lowest BCUT2D eigenvalue weighted by Crippen LogP contribution is -1.95. The maximum atomic E-state index is 14.7. The summed E-state index contributed by atoms with van der Waals surface area (Å²) in [5.41, 5.74) is 4.03. The molecule has 46 heavy (non-hydrogen) atoms. The lowest BCUT2D eigenvalue weighted by atomic mass is 9.98. The molecule has 0 aliphatic rings. The third-order valence-corrected chi connectivity index (χ3v) is 9.93. The standard InChI is InChI=1S/C18H10BrF2IO2.C18H9BrO2.CH4/c19-10-5-8-15(22-24)14(9-10)13-7-6-12(17(20)18(13)21)11-3-1-2-4-16(11)23;19-10-5-8-16-14(9-10)13-7-6-12-11-3-1-2-4-15(11)20-17(12)18(13)21-16;/h1-9,23H;1-9H;1H4. The molecule has 0 radical (unpaired) electrons. The normalized spacial score (nSPS) is 11.1. The Morgan fingerprint density at radius 3 is 1.83 bits per heavy atom. The molecule has 6 aromatic carbocycles. The van der Waals surface area contributed by atoms with E-state index in [4.69, 9.17) is 8.83 Å². The molecule has 0 saturated carbocycles. The van der Waals surface area contributed by atoms with Crippen LogP contribution < -0.4 is 0 Å². The van der Waals surface area contributed by atoms with E-state index in [9.17, 15) is 17.0 Å². The second kappa shape index (κ2) is 13.1. The second-order valence-corrected chi connectivity index (χ2v) is 13.6. The number of halogens is 5. The summed E-state index contributed by atoms with van der Waals surface area (Å²) < 4.78 is 54.9. The molecule has 0 saturated heterocycles. The van der Waals surface area contributed by atoms with Gasteiger partial charge in [0.15, 0.2) is 44.0 Å². The summed E-state index contributed by atoms with van der Waals surface area (Å²) in [5.74, 6) is -2.21. The second-order valence-electron chi connectivity index (χ2n) is 10.2. The van der Waals surface area contributed by atoms with Crippen molar-refractivity contribution >= 4 is 96.9 Å². The molecular formula is C37H23Br2F2IO4. The maximum Gasteiger partial charge on any atom is 0.182 e. The van der Waals surface area contributed by atoms with E-state index in [1.54, 1.807) is 30.3 Å². The van der Waals surface area contributed by atoms with Gasteiger partial charge in [-0.05, 0) is 60.7 Å². The molecule has 0 aliphatic heterocycles. The van der Waals surface area contributed by atoms with E-state index >= 15 is 0 Å². The number of phenolic OH excluding ortho intramolecular Hbond substituents is 1. The highest BCUT2D eigenvalue weighted by Crippen LogP contribution is 2.40. The minimum atomic E-state index is -1.53. The first kappa shape index (κ1) is 32.0. The van der Waals surface area contributed by atoms with Crippen LogP contribution in [0, 0.1) is 15.2 Å². The Morgan fingerprint density at radius 1 is 0.565 bits per heavy atom. The molecule has 0 amide bonds. The largest absolute Gasteiger partial charge is 0.507 e. The van der Waals surface area contributed by atoms with Crippen LogP contribution in [0.5, 0.6) is 5.75 Å². The number of rotatable bonds is 3. The summed E-state index contributed by atoms with van der Waals surface area (Å²) in [6.07, 6.45) is 0. The maximum absolute atomic E-state index is 14.7. The minimum absolute atomic E-state index is 0. The van der Waals surface area contributed by atoms with Gasteiger partial charge in [0.1, 0.15) is 16.9 Å². The summed E-state index contributed by atoms with van der Waals surface area (Å²) in [5, 5.41) is 14.2. The van der Waals surface area contributed by atoms with Gasteiger partial charge in [-0.25, -0.2) is 8.78 Å². The third kappa shape index (κ3) is 5.65. The van der Waals surface area contributed by atoms with Gasteiger partial charge < -0.3 is 13.9 Å². The first-order chi connectivity index (χ1) is 21.8. The van der Waals surface area contributed by atoms with Crippen molar-refractivity contribution in [1.82, 2.24) is 0 Å². The zero-order valence-electron chi connectivity index (χ0n) is 23.0. The smallest absolute Gasteiger partial charge is 0.182 e. The number of benzene rings is 6. The molecule has 8 aromatic rings. The van der Waals surface area contributed by atoms with Crippen LogP contribution in [0.1, 0.15) is 7.43 Å². The summed E-state index contributed by atoms with van der Waals surface area (Å²) in [4.78, 5) is 0. The number of furan rings is 2. The fraction of sp³-hybridized carbons (Fsp3) is 0.0270. The van der Waals surface area contributed by atoms with Crippen LogP contribution in [0.15, 0.2) is 127 Å². The Bertz CT molecular complexity index is 2430. The van der Waals surface area contributed by atoms with Crippen LogP contribution in [-0.4, -0.2) is 5.11 Å². The Kier molecular flexibility index (Phi) is 9.09. The minimum Gasteiger partial charge on any atom is -0.507 e. The number of aromatic hydroxyl groups is 1. The van der Waals surface area contributed by atoms with Crippen LogP contribution in [0.3, 0.4) is 0 Å². The van der Waals surface area contributed by atoms with Crippen LogP contribution in [-0.2, 0) is 3.07 Å². The molecule has 0 unspecified atom stereocenters. The van der Waals surface area contributed by atoms with Gasteiger partial charge in [0.05, 0.1) is 3.57 Å². The van der Waals surface area contributed by atoms with Crippen molar-refractivity contribution in [2.75, 3.05) is 0 Å². The Morgan fingerprint density at radius 2 is 1.13 bits per heavy atom. The fourth-order valence-corrected chi connectivity index (χ4v) is 7.16. The molecule has 9 heteroatoms. The van der Waals surface area contributed by atoms with Crippen molar-refractivity contribution in [3.63, 3.8) is 0 Å². The average molecular weight is 856 g/mol. The molecule has 1 N–H and O–H groups in total. The molecule has 0 aliphatic carbocycles. The van der Waals surface area contributed by atoms with Gasteiger partial charge in [0, 0.05) is 52.7 Å². The van der Waals surface area contributed by atoms with E-state index in [0.717, 1.165) is 48.3 Å². The summed E-state index contributed by atoms with van der Waals surface area (Å²) >= 11 is 5.27. The van der Waals surface area contributed by atoms with Gasteiger partial charge >= 0.3 is 0 Å². The number of para-hydroxylation sites is 2. The van der Waals surface area contributed by atoms with Gasteiger partial charge in [-0.2, -0.15) is 0 Å². The predicted octanol–water partition coefficient (Wildman–Crippen LogP) is 13.1. The fourth-order valence-electron chi connectivity index (χ4n) is 5.43. The topological polar surface area (TPSA) is 63.6 Å². The number of hydrogen-bond acceptors (Lipinski definition) is 4. The first-order valence-corrected chi connectivity index (χ1v) is 17.1. The van der Waals surface area contributed by atoms with E-state index in [-0.39, 0.29) is 29.9 Å². The molecule has 0 atom stereocenters. The lowest BCUT2D eigenvalue weighted by Gasteiger charge is -2.11. The van der Waals surface area contributed by atoms with Crippen molar-refractivity contribution in [3.05, 3.63) is 133 Å². The number of hydrogen-bond donors (Lipinski definition) is 1. The van der Waals surface area contributed by atoms with E-state index in [2.05, 4.69) is 56.1 Å². The van der Waals surface area contributed by atoms with Crippen LogP contribution in [0.4, 0.5) is 8.78 Å². The van der Waals surface area contributed by atoms with Gasteiger partial charge in [-0.15, -0.1) is 0 Å². The zero-order chi connectivity index (χ0) is 31.2. The van der Waals surface area contributed by atoms with Crippen LogP contribution >= 0.6 is 53.1 Å². The summed E-state index contributed by atoms with van der Waals surface area (Å²) in [6.45, 7) is 0. The lowest BCUT2D eigenvalue weighted by molar-refractivity contribution is 0.475. The van der Waals surface area contributed by atoms with E-state index < -0.39 is 32.8 Å². The highest BCUT2D eigenvalue weighted by atomic mass is 127. The molecule has 2 heterocycles. The van der Waals surface area contributed by atoms with Crippen molar-refractivity contribution in [2.24, 2.45) is 0 Å². The molecule has 2 aromatic heterocycles. The van der Waals surface area contributed by atoms with E-state index in [1.165, 1.54) is 24.3 Å². The monoisotopic (exact) mass is 854 g/mol. The SMILES string of the molecule is Brc1ccc2oc3c(ccc4c5ccccc5oc43)c2c1.C.O=Ic1ccc(Br)cc1-c1ccc(-c2ccccc2O)c(F)c1F. The number of phenols is 1. The quantitative estimate of drug-likeness (QED) is 0.180. The van der Waals surface area contributed by atoms with Crippen molar-refractivity contribution in [3.8, 4) is 28.0 Å². The predicted molar refractivity (Wildman–Crippen MR) is 195 cm³/mol. The molecule has 0 fully saturated rings. The van der Waals surface area contributed by atoms with Gasteiger partial charge in [-0.1, -0.05) is 87.8 Å². The number of fused-ring (bicyclic) bond motifs is 7. The van der Waals surface area contributed by atoms with Gasteiger partial charge in [0.2, 0.25) is 0 Å². The molecule has 8 rings (SSSR count). The van der Waals surface area contributed by atoms with E-state index in [0.29, 0.717) is 13.6 Å². The highest BCUT2D eigenvalue weighted by Gasteiger charge is 2.20. The van der Waals surface area contributed by atoms with Gasteiger partial charge in [0.25, 0.3) is 0 Å². The summed E-state index contributed by atoms with van der Waals surface area (Å²) in [7, 11) is 0. The average Bonchev–Trinajstić information content (AvgIpc) is 3.61. The molecular weight excluding hydrogens is 833 g/mol. The highest BCUT2D eigenvalue weighted by molar-refractivity contribution is 14.1. The van der Waals surface area contributed by atoms with Crippen molar-refractivity contribution < 1.29 is 25.8 Å². The zero-order valence-corrected chi connectivity index (χ0v) is 28.3. The molecule has 4 nitrogen and oxygen atoms in total. The van der Waals surface area contributed by atoms with Crippen molar-refractivity contribution in [1.29, 1.82) is 0 Å². The van der Waals surface area contributed by atoms with Crippen molar-refractivity contribution in [2.45, 2.75) is 7.43 Å². The Labute approximate surface area is 289 Å². The van der Waals surface area contributed by atoms with Crippen LogP contribution in [0.25, 0.3) is 66.1 Å². The third-order valence-electron chi connectivity index (χ3n) is 7.52. The molecule has 0 spiro atoms. The first-order valence-electron chi connectivity index (χ1n) is 13.6. The van der Waals surface area contributed by atoms with Gasteiger partial charge in [-0.3, -0.25) is 3.07 Å². The Hall–Kier alpha value is -3.93. The van der Waals surface area contributed by atoms with E-state index in [1.807, 2.05) is 30.3 Å². The van der Waals surface area contributed by atoms with Crippen LogP contribution in [0.2, 0.25) is 0 Å². The molecule has 230 valence electrons. The Balaban J connectivity index is 0.000000159. The summed E-state index contributed by atoms with van der Waals surface area (Å²) in [6, 6.07) is 32.3.